The smallest absolute Gasteiger partial charge is 0.287 e. The molecule has 1 aromatic carbocycles. The molecule has 0 bridgehead atoms. The standard InChI is InChI=1S/C18H18N2O5S/c1-18(8-9-26(22,23)12-18)20-17(21)16-7-6-14(25-16)11-24-15-5-3-2-4-13(15)10-19/h2-7H,8-9,11-12H2,1H3,(H,20,21). The van der Waals surface area contributed by atoms with Crippen LogP contribution in [-0.4, -0.2) is 31.4 Å². The molecule has 26 heavy (non-hydrogen) atoms. The van der Waals surface area contributed by atoms with E-state index < -0.39 is 21.3 Å². The number of carbonyl (C=O) groups excluding carboxylic acids is 1. The SMILES string of the molecule is CC1(NC(=O)c2ccc(COc3ccccc3C#N)o2)CCS(=O)(=O)C1. The van der Waals surface area contributed by atoms with Crippen LogP contribution in [0.25, 0.3) is 0 Å². The van der Waals surface area contributed by atoms with Crippen LogP contribution in [0.5, 0.6) is 5.75 Å². The van der Waals surface area contributed by atoms with Gasteiger partial charge in [-0.25, -0.2) is 8.42 Å². The summed E-state index contributed by atoms with van der Waals surface area (Å²) in [4.78, 5) is 12.3. The van der Waals surface area contributed by atoms with Crippen LogP contribution < -0.4 is 10.1 Å². The van der Waals surface area contributed by atoms with Gasteiger partial charge < -0.3 is 14.5 Å². The van der Waals surface area contributed by atoms with Gasteiger partial charge in [0.15, 0.2) is 15.6 Å². The van der Waals surface area contributed by atoms with Gasteiger partial charge in [0.05, 0.1) is 22.6 Å². The number of benzene rings is 1. The van der Waals surface area contributed by atoms with E-state index in [1.807, 2.05) is 6.07 Å². The summed E-state index contributed by atoms with van der Waals surface area (Å²) in [6.45, 7) is 1.78. The Kier molecular flexibility index (Phi) is 4.74. The molecular formula is C18H18N2O5S. The maximum Gasteiger partial charge on any atom is 0.287 e. The number of sulfone groups is 1. The fraction of sp³-hybridized carbons (Fsp3) is 0.333. The Bertz CT molecular complexity index is 973. The van der Waals surface area contributed by atoms with Crippen LogP contribution in [0.2, 0.25) is 0 Å². The van der Waals surface area contributed by atoms with Gasteiger partial charge in [-0.15, -0.1) is 0 Å². The summed E-state index contributed by atoms with van der Waals surface area (Å²) < 4.78 is 34.3. The molecule has 1 aromatic heterocycles. The van der Waals surface area contributed by atoms with E-state index in [1.165, 1.54) is 6.07 Å². The largest absolute Gasteiger partial charge is 0.484 e. The van der Waals surface area contributed by atoms with E-state index in [-0.39, 0.29) is 23.9 Å². The maximum atomic E-state index is 12.3. The molecule has 1 unspecified atom stereocenters. The monoisotopic (exact) mass is 374 g/mol. The Morgan fingerprint density at radius 1 is 1.35 bits per heavy atom. The van der Waals surface area contributed by atoms with Crippen LogP contribution in [0.3, 0.4) is 0 Å². The van der Waals surface area contributed by atoms with Gasteiger partial charge in [0.25, 0.3) is 5.91 Å². The highest BCUT2D eigenvalue weighted by Gasteiger charge is 2.39. The third kappa shape index (κ3) is 4.06. The Balaban J connectivity index is 1.63. The average molecular weight is 374 g/mol. The van der Waals surface area contributed by atoms with Crippen LogP contribution in [0.4, 0.5) is 0 Å². The molecular weight excluding hydrogens is 356 g/mol. The molecule has 0 saturated carbocycles. The Morgan fingerprint density at radius 2 is 2.12 bits per heavy atom. The summed E-state index contributed by atoms with van der Waals surface area (Å²) in [5.74, 6) is 0.469. The number of nitriles is 1. The molecule has 1 aliphatic heterocycles. The quantitative estimate of drug-likeness (QED) is 0.858. The van der Waals surface area contributed by atoms with Crippen molar-refractivity contribution in [1.82, 2.24) is 5.32 Å². The fourth-order valence-corrected chi connectivity index (χ4v) is 4.95. The zero-order valence-electron chi connectivity index (χ0n) is 14.2. The molecule has 1 aliphatic rings. The second kappa shape index (κ2) is 6.84. The number of nitrogens with one attached hydrogen (secondary N) is 1. The average Bonchev–Trinajstić information content (AvgIpc) is 3.17. The fourth-order valence-electron chi connectivity index (χ4n) is 2.86. The third-order valence-electron chi connectivity index (χ3n) is 4.18. The van der Waals surface area contributed by atoms with Crippen LogP contribution >= 0.6 is 0 Å². The van der Waals surface area contributed by atoms with Crippen molar-refractivity contribution in [3.8, 4) is 11.8 Å². The number of hydrogen-bond acceptors (Lipinski definition) is 6. The summed E-state index contributed by atoms with van der Waals surface area (Å²) in [5.41, 5.74) is -0.377. The molecule has 0 radical (unpaired) electrons. The van der Waals surface area contributed by atoms with Crippen molar-refractivity contribution in [2.45, 2.75) is 25.5 Å². The van der Waals surface area contributed by atoms with Gasteiger partial charge in [-0.05, 0) is 37.6 Å². The predicted molar refractivity (Wildman–Crippen MR) is 93.3 cm³/mol. The molecule has 8 heteroatoms. The van der Waals surface area contributed by atoms with Gasteiger partial charge in [-0.3, -0.25) is 4.79 Å². The number of carbonyl (C=O) groups is 1. The third-order valence-corrected chi connectivity index (χ3v) is 6.08. The molecule has 0 spiro atoms. The van der Waals surface area contributed by atoms with E-state index in [0.717, 1.165) is 0 Å². The first-order valence-electron chi connectivity index (χ1n) is 8.04. The van der Waals surface area contributed by atoms with Crippen molar-refractivity contribution in [2.75, 3.05) is 11.5 Å². The topological polar surface area (TPSA) is 109 Å². The lowest BCUT2D eigenvalue weighted by atomic mass is 10.0. The first-order chi connectivity index (χ1) is 12.3. The van der Waals surface area contributed by atoms with Crippen molar-refractivity contribution < 1.29 is 22.4 Å². The van der Waals surface area contributed by atoms with Gasteiger partial charge >= 0.3 is 0 Å². The zero-order chi connectivity index (χ0) is 18.8. The molecule has 7 nitrogen and oxygen atoms in total. The number of hydrogen-bond donors (Lipinski definition) is 1. The van der Waals surface area contributed by atoms with Crippen LogP contribution in [-0.2, 0) is 16.4 Å². The molecule has 2 heterocycles. The second-order valence-electron chi connectivity index (χ2n) is 6.52. The lowest BCUT2D eigenvalue weighted by molar-refractivity contribution is 0.0882. The Morgan fingerprint density at radius 3 is 2.81 bits per heavy atom. The highest BCUT2D eigenvalue weighted by molar-refractivity contribution is 7.91. The Hall–Kier alpha value is -2.79. The highest BCUT2D eigenvalue weighted by Crippen LogP contribution is 2.24. The summed E-state index contributed by atoms with van der Waals surface area (Å²) >= 11 is 0. The molecule has 0 aliphatic carbocycles. The maximum absolute atomic E-state index is 12.3. The minimum atomic E-state index is -3.11. The van der Waals surface area contributed by atoms with Crippen molar-refractivity contribution in [2.24, 2.45) is 0 Å². The molecule has 2 aromatic rings. The summed E-state index contributed by atoms with van der Waals surface area (Å²) in [7, 11) is -3.11. The van der Waals surface area contributed by atoms with Gasteiger partial charge in [0, 0.05) is 0 Å². The van der Waals surface area contributed by atoms with E-state index >= 15 is 0 Å². The van der Waals surface area contributed by atoms with Gasteiger partial charge in [-0.2, -0.15) is 5.26 Å². The first-order valence-corrected chi connectivity index (χ1v) is 9.86. The Labute approximate surface area is 151 Å². The molecule has 1 amide bonds. The zero-order valence-corrected chi connectivity index (χ0v) is 15.0. The molecule has 1 fully saturated rings. The molecule has 1 N–H and O–H groups in total. The van der Waals surface area contributed by atoms with Crippen LogP contribution in [0, 0.1) is 11.3 Å². The minimum absolute atomic E-state index is 0.0671. The number of ether oxygens (including phenoxy) is 1. The summed E-state index contributed by atoms with van der Waals surface area (Å²) in [5, 5.41) is 11.8. The highest BCUT2D eigenvalue weighted by atomic mass is 32.2. The van der Waals surface area contributed by atoms with Crippen LogP contribution in [0.1, 0.15) is 35.2 Å². The number of rotatable bonds is 5. The first kappa shape index (κ1) is 18.0. The van der Waals surface area contributed by atoms with Gasteiger partial charge in [0.1, 0.15) is 24.2 Å². The van der Waals surface area contributed by atoms with E-state index in [1.54, 1.807) is 37.3 Å². The van der Waals surface area contributed by atoms with E-state index in [4.69, 9.17) is 14.4 Å². The van der Waals surface area contributed by atoms with E-state index in [2.05, 4.69) is 5.32 Å². The molecule has 136 valence electrons. The number of furan rings is 1. The molecule has 1 atom stereocenters. The lowest BCUT2D eigenvalue weighted by Crippen LogP contribution is -2.46. The molecule has 1 saturated heterocycles. The summed E-state index contributed by atoms with van der Waals surface area (Å²) in [6.07, 6.45) is 0.378. The van der Waals surface area contributed by atoms with E-state index in [9.17, 15) is 13.2 Å². The van der Waals surface area contributed by atoms with Crippen molar-refractivity contribution in [3.63, 3.8) is 0 Å². The minimum Gasteiger partial charge on any atom is -0.484 e. The van der Waals surface area contributed by atoms with Crippen LogP contribution in [0.15, 0.2) is 40.8 Å². The predicted octanol–water partition coefficient (Wildman–Crippen LogP) is 2.04. The second-order valence-corrected chi connectivity index (χ2v) is 8.70. The number of amides is 1. The molecule has 3 rings (SSSR count). The van der Waals surface area contributed by atoms with Gasteiger partial charge in [-0.1, -0.05) is 12.1 Å². The number of para-hydroxylation sites is 1. The van der Waals surface area contributed by atoms with Crippen molar-refractivity contribution in [3.05, 3.63) is 53.5 Å². The lowest BCUT2D eigenvalue weighted by Gasteiger charge is -2.23. The number of nitrogens with zero attached hydrogens (tertiary/aromatic N) is 1. The van der Waals surface area contributed by atoms with Crippen molar-refractivity contribution in [1.29, 1.82) is 5.26 Å². The normalized spacial score (nSPS) is 21.1. The summed E-state index contributed by atoms with van der Waals surface area (Å²) in [6, 6.07) is 12.0. The van der Waals surface area contributed by atoms with Crippen molar-refractivity contribution >= 4 is 15.7 Å². The van der Waals surface area contributed by atoms with E-state index in [0.29, 0.717) is 23.5 Å². The van der Waals surface area contributed by atoms with Gasteiger partial charge in [0.2, 0.25) is 0 Å².